The molecule has 0 unspecified atom stereocenters. The molecule has 212 valence electrons. The Morgan fingerprint density at radius 1 is 1.26 bits per heavy atom. The first-order chi connectivity index (χ1) is 18.3. The monoisotopic (exact) mass is 564 g/mol. The van der Waals surface area contributed by atoms with E-state index in [1.807, 2.05) is 0 Å². The fourth-order valence-electron chi connectivity index (χ4n) is 4.06. The number of fused-ring (bicyclic) bond motifs is 1. The van der Waals surface area contributed by atoms with E-state index in [1.165, 1.54) is 17.8 Å². The van der Waals surface area contributed by atoms with Gasteiger partial charge in [-0.2, -0.15) is 15.1 Å². The van der Waals surface area contributed by atoms with Crippen molar-refractivity contribution in [2.45, 2.75) is 63.8 Å². The van der Waals surface area contributed by atoms with Crippen molar-refractivity contribution in [1.82, 2.24) is 24.6 Å². The molecule has 1 aliphatic rings. The molecule has 16 heteroatoms. The molecule has 0 radical (unpaired) electrons. The van der Waals surface area contributed by atoms with Crippen LogP contribution in [0.2, 0.25) is 0 Å². The van der Waals surface area contributed by atoms with E-state index < -0.39 is 50.3 Å². The van der Waals surface area contributed by atoms with E-state index >= 15 is 0 Å². The molecular weight excluding hydrogens is 531 g/mol. The summed E-state index contributed by atoms with van der Waals surface area (Å²) in [6.45, 7) is 6.01. The minimum atomic E-state index is -4.20. The van der Waals surface area contributed by atoms with Gasteiger partial charge in [-0.1, -0.05) is 18.2 Å². The quantitative estimate of drug-likeness (QED) is 0.172. The first kappa shape index (κ1) is 28.7. The number of nitrogens with one attached hydrogen (secondary N) is 1. The largest absolute Gasteiger partial charge is 0.462 e. The van der Waals surface area contributed by atoms with Crippen molar-refractivity contribution in [3.63, 3.8) is 0 Å². The highest BCUT2D eigenvalue weighted by atomic mass is 31.2. The number of aliphatic hydroxyl groups excluding tert-OH is 1. The molecule has 1 aliphatic heterocycles. The Kier molecular flexibility index (Phi) is 8.12. The number of para-hydroxylation sites is 1. The molecule has 6 atom stereocenters. The second-order valence-electron chi connectivity index (χ2n) is 9.66. The number of carbonyl (C=O) groups is 1. The van der Waals surface area contributed by atoms with Gasteiger partial charge in [-0.25, -0.2) is 9.55 Å². The summed E-state index contributed by atoms with van der Waals surface area (Å²) in [7, 11) is -4.20. The van der Waals surface area contributed by atoms with Gasteiger partial charge in [0.05, 0.1) is 24.6 Å². The number of carbonyl (C=O) groups excluding carboxylic acids is 1. The summed E-state index contributed by atoms with van der Waals surface area (Å²) in [5.41, 5.74) is 17.3. The fourth-order valence-corrected chi connectivity index (χ4v) is 5.56. The van der Waals surface area contributed by atoms with Crippen molar-refractivity contribution in [3.8, 4) is 5.75 Å². The highest BCUT2D eigenvalue weighted by Crippen LogP contribution is 2.47. The summed E-state index contributed by atoms with van der Waals surface area (Å²) < 4.78 is 37.8. The molecule has 8 N–H and O–H groups in total. The molecule has 2 aromatic heterocycles. The third-order valence-electron chi connectivity index (χ3n) is 5.98. The lowest BCUT2D eigenvalue weighted by Crippen LogP contribution is -2.52. The van der Waals surface area contributed by atoms with Crippen LogP contribution >= 0.6 is 7.75 Å². The van der Waals surface area contributed by atoms with E-state index in [1.54, 1.807) is 51.1 Å². The van der Waals surface area contributed by atoms with Gasteiger partial charge in [-0.15, -0.1) is 0 Å². The minimum Gasteiger partial charge on any atom is -0.462 e. The first-order valence-corrected chi connectivity index (χ1v) is 13.7. The maximum Gasteiger partial charge on any atom is 0.459 e. The third-order valence-corrected chi connectivity index (χ3v) is 7.62. The topological polar surface area (TPSA) is 225 Å². The Morgan fingerprint density at radius 2 is 1.95 bits per heavy atom. The van der Waals surface area contributed by atoms with E-state index in [0.717, 1.165) is 0 Å². The smallest absolute Gasteiger partial charge is 0.459 e. The zero-order valence-corrected chi connectivity index (χ0v) is 22.8. The zero-order chi connectivity index (χ0) is 28.5. The minimum absolute atomic E-state index is 0.0728. The van der Waals surface area contributed by atoms with Crippen LogP contribution in [0.4, 0.5) is 11.8 Å². The van der Waals surface area contributed by atoms with Crippen molar-refractivity contribution in [2.75, 3.05) is 18.1 Å². The Hall–Kier alpha value is -3.33. The van der Waals surface area contributed by atoms with Crippen molar-refractivity contribution in [3.05, 3.63) is 36.7 Å². The number of esters is 1. The van der Waals surface area contributed by atoms with Crippen LogP contribution < -0.4 is 26.8 Å². The van der Waals surface area contributed by atoms with Crippen LogP contribution in [0.1, 0.15) is 33.9 Å². The van der Waals surface area contributed by atoms with E-state index in [4.69, 9.17) is 35.7 Å². The number of nitrogens with zero attached hydrogens (tertiary/aromatic N) is 4. The second-order valence-corrected chi connectivity index (χ2v) is 11.4. The van der Waals surface area contributed by atoms with Crippen molar-refractivity contribution in [1.29, 1.82) is 0 Å². The van der Waals surface area contributed by atoms with E-state index in [-0.39, 0.29) is 34.8 Å². The van der Waals surface area contributed by atoms with Crippen molar-refractivity contribution >= 4 is 36.6 Å². The van der Waals surface area contributed by atoms with Gasteiger partial charge in [0.1, 0.15) is 29.5 Å². The van der Waals surface area contributed by atoms with E-state index in [9.17, 15) is 14.5 Å². The number of hydrogen-bond acceptors (Lipinski definition) is 13. The average Bonchev–Trinajstić information content (AvgIpc) is 3.36. The Bertz CT molecular complexity index is 1370. The number of nitrogens with two attached hydrogens (primary N) is 3. The molecule has 0 amide bonds. The summed E-state index contributed by atoms with van der Waals surface area (Å²) in [6, 6.07) is 7.23. The predicted octanol–water partition coefficient (Wildman–Crippen LogP) is 1.10. The molecular formula is C23H33N8O7P. The third kappa shape index (κ3) is 6.13. The van der Waals surface area contributed by atoms with Gasteiger partial charge in [0.25, 0.3) is 0 Å². The number of ether oxygens (including phenoxy) is 2. The maximum absolute atomic E-state index is 13.8. The van der Waals surface area contributed by atoms with Gasteiger partial charge < -0.3 is 36.3 Å². The van der Waals surface area contributed by atoms with Crippen LogP contribution in [0.15, 0.2) is 36.7 Å². The normalized spacial score (nSPS) is 25.5. The number of rotatable bonds is 10. The second kappa shape index (κ2) is 11.0. The van der Waals surface area contributed by atoms with E-state index in [0.29, 0.717) is 0 Å². The summed E-state index contributed by atoms with van der Waals surface area (Å²) in [6.07, 6.45) is -2.32. The number of aromatic nitrogens is 4. The Balaban J connectivity index is 1.55. The molecule has 3 aromatic rings. The number of aliphatic hydroxyl groups is 1. The molecule has 3 heterocycles. The molecule has 1 saturated heterocycles. The van der Waals surface area contributed by atoms with Crippen molar-refractivity contribution < 1.29 is 33.0 Å². The van der Waals surface area contributed by atoms with Gasteiger partial charge in [-0.3, -0.25) is 13.9 Å². The zero-order valence-electron chi connectivity index (χ0n) is 21.9. The number of benzene rings is 1. The Labute approximate surface area is 224 Å². The highest BCUT2D eigenvalue weighted by molar-refractivity contribution is 7.52. The molecule has 39 heavy (non-hydrogen) atoms. The average molecular weight is 565 g/mol. The van der Waals surface area contributed by atoms with Gasteiger partial charge in [0.15, 0.2) is 17.7 Å². The molecule has 0 aliphatic carbocycles. The molecule has 0 spiro atoms. The van der Waals surface area contributed by atoms with Crippen LogP contribution in [0.25, 0.3) is 11.2 Å². The lowest BCUT2D eigenvalue weighted by atomic mass is 9.93. The van der Waals surface area contributed by atoms with Gasteiger partial charge >= 0.3 is 13.7 Å². The standard InChI is InChI=1S/C23H33N8O7P/c1-12(2)36-20(33)13(3)30-39(34,38-14-8-6-5-7-9-14)35-10-15-17(32)23(4,26)21(37-15)31-11-27-16-18(24)28-22(25)29-19(16)31/h5-9,11-13,15,17,21,32H,10,26H2,1-4H3,(H,30,34)(H4,24,25,28,29)/t13-,15-,17-,21-,23-,39+/m1/s1. The number of hydrogen-bond donors (Lipinski definition) is 5. The molecule has 15 nitrogen and oxygen atoms in total. The summed E-state index contributed by atoms with van der Waals surface area (Å²) in [5, 5.41) is 13.6. The number of imidazole rings is 1. The SMILES string of the molecule is CC(C)OC(=O)[C@@H](C)N[P@](=O)(OC[C@H]1O[C@@H](n2cnc3c(N)nc(N)nc32)[C@](C)(N)[C@@H]1O)Oc1ccccc1. The summed E-state index contributed by atoms with van der Waals surface area (Å²) >= 11 is 0. The van der Waals surface area contributed by atoms with Gasteiger partial charge in [-0.05, 0) is 39.8 Å². The molecule has 4 rings (SSSR count). The molecule has 0 bridgehead atoms. The summed E-state index contributed by atoms with van der Waals surface area (Å²) in [4.78, 5) is 24.7. The highest BCUT2D eigenvalue weighted by Gasteiger charge is 2.53. The predicted molar refractivity (Wildman–Crippen MR) is 141 cm³/mol. The van der Waals surface area contributed by atoms with Gasteiger partial charge in [0.2, 0.25) is 5.95 Å². The van der Waals surface area contributed by atoms with Crippen molar-refractivity contribution in [2.24, 2.45) is 5.73 Å². The van der Waals surface area contributed by atoms with Crippen LogP contribution in [-0.2, 0) is 23.4 Å². The number of nitrogen functional groups attached to an aromatic ring is 2. The fraction of sp³-hybridized carbons (Fsp3) is 0.478. The molecule has 0 saturated carbocycles. The molecule has 1 aromatic carbocycles. The van der Waals surface area contributed by atoms with Crippen LogP contribution in [-0.4, -0.2) is 67.1 Å². The van der Waals surface area contributed by atoms with Crippen LogP contribution in [0.5, 0.6) is 5.75 Å². The number of anilines is 2. The van der Waals surface area contributed by atoms with E-state index in [2.05, 4.69) is 20.0 Å². The lowest BCUT2D eigenvalue weighted by molar-refractivity contribution is -0.149. The van der Waals surface area contributed by atoms with Crippen LogP contribution in [0, 0.1) is 0 Å². The maximum atomic E-state index is 13.8. The molecule has 1 fully saturated rings. The summed E-state index contributed by atoms with van der Waals surface area (Å²) in [5.74, 6) is -0.422. The van der Waals surface area contributed by atoms with Crippen LogP contribution in [0.3, 0.4) is 0 Å². The lowest BCUT2D eigenvalue weighted by Gasteiger charge is -2.28. The Morgan fingerprint density at radius 3 is 2.62 bits per heavy atom. The van der Waals surface area contributed by atoms with Gasteiger partial charge in [0, 0.05) is 0 Å². The first-order valence-electron chi connectivity index (χ1n) is 12.2.